The Morgan fingerprint density at radius 1 is 1.16 bits per heavy atom. The predicted octanol–water partition coefficient (Wildman–Crippen LogP) is 6.98. The smallest absolute Gasteiger partial charge is 0.324 e. The summed E-state index contributed by atoms with van der Waals surface area (Å²) in [5, 5.41) is 10.9. The van der Waals surface area contributed by atoms with Gasteiger partial charge in [-0.05, 0) is 59.4 Å². The molecule has 2 aromatic carbocycles. The Kier molecular flexibility index (Phi) is 9.48. The molecule has 1 fully saturated rings. The van der Waals surface area contributed by atoms with Gasteiger partial charge in [0.2, 0.25) is 0 Å². The van der Waals surface area contributed by atoms with E-state index in [2.05, 4.69) is 45.7 Å². The number of hydrogen-bond donors (Lipinski definition) is 1. The molecule has 0 unspecified atom stereocenters. The van der Waals surface area contributed by atoms with Crippen molar-refractivity contribution in [3.05, 3.63) is 65.5 Å². The molecule has 4 atom stereocenters. The molecule has 0 amide bonds. The highest BCUT2D eigenvalue weighted by atomic mass is 28.4. The molecule has 3 rings (SSSR count). The van der Waals surface area contributed by atoms with Gasteiger partial charge >= 0.3 is 5.97 Å². The molecule has 1 N–H and O–H groups in total. The Balaban J connectivity index is 2.01. The maximum atomic E-state index is 14.3. The van der Waals surface area contributed by atoms with Crippen LogP contribution in [-0.2, 0) is 15.6 Å². The van der Waals surface area contributed by atoms with Gasteiger partial charge in [0, 0.05) is 38.0 Å². The molecule has 1 aliphatic heterocycles. The van der Waals surface area contributed by atoms with E-state index in [0.717, 1.165) is 23.3 Å². The standard InChI is InChI=1S/C31H46FNO4Si/c1-9-22(2)31(29(34)35,18-23-13-15-27(36-6)16-14-23)33-19-25(21-37-38(7,8)30(3,4)5)28(20-33)24-11-10-12-26(32)17-24/h10-17,22,25,28H,9,18-21H2,1-8H3,(H,34,35)/t22-,25+,28+,31+/m0/s1. The minimum Gasteiger partial charge on any atom is -0.497 e. The molecule has 7 heteroatoms. The molecule has 38 heavy (non-hydrogen) atoms. The summed E-state index contributed by atoms with van der Waals surface area (Å²) in [6.45, 7) is 16.9. The highest BCUT2D eigenvalue weighted by Crippen LogP contribution is 2.43. The van der Waals surface area contributed by atoms with E-state index in [4.69, 9.17) is 9.16 Å². The lowest BCUT2D eigenvalue weighted by Gasteiger charge is -2.43. The highest BCUT2D eigenvalue weighted by Gasteiger charge is 2.53. The molecule has 1 heterocycles. The quantitative estimate of drug-likeness (QED) is 0.310. The summed E-state index contributed by atoms with van der Waals surface area (Å²) in [5.41, 5.74) is 0.765. The van der Waals surface area contributed by atoms with Crippen molar-refractivity contribution in [2.75, 3.05) is 26.8 Å². The van der Waals surface area contributed by atoms with E-state index >= 15 is 0 Å². The van der Waals surface area contributed by atoms with Crippen molar-refractivity contribution in [2.45, 2.75) is 77.0 Å². The fraction of sp³-hybridized carbons (Fsp3) is 0.581. The van der Waals surface area contributed by atoms with Crippen LogP contribution >= 0.6 is 0 Å². The summed E-state index contributed by atoms with van der Waals surface area (Å²) in [5.74, 6) is -0.399. The number of nitrogens with zero attached hydrogens (tertiary/aromatic N) is 1. The molecule has 210 valence electrons. The molecular weight excluding hydrogens is 497 g/mol. The Labute approximate surface area is 229 Å². The fourth-order valence-corrected chi connectivity index (χ4v) is 6.49. The molecule has 1 aliphatic rings. The SMILES string of the molecule is CC[C@H](C)[C@](Cc1ccc(OC)cc1)(C(=O)O)N1C[C@H](CO[Si](C)(C)C(C)(C)C)[C@@H](c2cccc(F)c2)C1. The van der Waals surface area contributed by atoms with Crippen LogP contribution in [0.4, 0.5) is 4.39 Å². The number of benzene rings is 2. The second kappa shape index (κ2) is 11.9. The van der Waals surface area contributed by atoms with Crippen LogP contribution in [0.1, 0.15) is 58.1 Å². The van der Waals surface area contributed by atoms with E-state index in [9.17, 15) is 14.3 Å². The molecule has 5 nitrogen and oxygen atoms in total. The molecule has 0 aromatic heterocycles. The van der Waals surface area contributed by atoms with Gasteiger partial charge < -0.3 is 14.3 Å². The lowest BCUT2D eigenvalue weighted by Crippen LogP contribution is -2.59. The number of hydrogen-bond acceptors (Lipinski definition) is 4. The summed E-state index contributed by atoms with van der Waals surface area (Å²) >= 11 is 0. The minimum absolute atomic E-state index is 0.0193. The first-order valence-corrected chi connectivity index (χ1v) is 16.7. The van der Waals surface area contributed by atoms with Crippen LogP contribution in [-0.4, -0.2) is 56.6 Å². The number of ether oxygens (including phenoxy) is 1. The van der Waals surface area contributed by atoms with E-state index in [1.54, 1.807) is 19.2 Å². The lowest BCUT2D eigenvalue weighted by molar-refractivity contribution is -0.155. The third kappa shape index (κ3) is 6.32. The van der Waals surface area contributed by atoms with Gasteiger partial charge in [-0.25, -0.2) is 4.39 Å². The van der Waals surface area contributed by atoms with E-state index in [1.807, 2.05) is 37.3 Å². The summed E-state index contributed by atoms with van der Waals surface area (Å²) in [6.07, 6.45) is 1.11. The van der Waals surface area contributed by atoms with Crippen LogP contribution in [0, 0.1) is 17.7 Å². The summed E-state index contributed by atoms with van der Waals surface area (Å²) in [6, 6.07) is 14.4. The van der Waals surface area contributed by atoms with Crippen LogP contribution in [0.2, 0.25) is 18.1 Å². The maximum Gasteiger partial charge on any atom is 0.324 e. The van der Waals surface area contributed by atoms with Crippen LogP contribution in [0.5, 0.6) is 5.75 Å². The molecule has 1 saturated heterocycles. The first-order valence-electron chi connectivity index (χ1n) is 13.8. The van der Waals surface area contributed by atoms with Gasteiger partial charge in [0.05, 0.1) is 7.11 Å². The Hall–Kier alpha value is -2.22. The van der Waals surface area contributed by atoms with Gasteiger partial charge in [0.1, 0.15) is 17.1 Å². The number of methoxy groups -OCH3 is 1. The zero-order chi connectivity index (χ0) is 28.3. The third-order valence-electron chi connectivity index (χ3n) is 9.18. The topological polar surface area (TPSA) is 59.0 Å². The van der Waals surface area contributed by atoms with Gasteiger partial charge in [-0.2, -0.15) is 0 Å². The van der Waals surface area contributed by atoms with Crippen molar-refractivity contribution in [3.63, 3.8) is 0 Å². The average Bonchev–Trinajstić information content (AvgIpc) is 3.29. The van der Waals surface area contributed by atoms with E-state index in [0.29, 0.717) is 26.1 Å². The highest BCUT2D eigenvalue weighted by molar-refractivity contribution is 6.74. The number of aliphatic carboxylic acids is 1. The minimum atomic E-state index is -2.02. The van der Waals surface area contributed by atoms with E-state index < -0.39 is 19.8 Å². The average molecular weight is 544 g/mol. The number of carboxylic acid groups (broad SMARTS) is 1. The van der Waals surface area contributed by atoms with Gasteiger partial charge in [0.15, 0.2) is 8.32 Å². The van der Waals surface area contributed by atoms with Gasteiger partial charge in [0.25, 0.3) is 0 Å². The van der Waals surface area contributed by atoms with E-state index in [1.165, 1.54) is 6.07 Å². The van der Waals surface area contributed by atoms with Crippen molar-refractivity contribution < 1.29 is 23.5 Å². The Bertz CT molecular complexity index is 1080. The van der Waals surface area contributed by atoms with Gasteiger partial charge in [-0.3, -0.25) is 9.69 Å². The number of rotatable bonds is 11. The Morgan fingerprint density at radius 2 is 1.82 bits per heavy atom. The monoisotopic (exact) mass is 543 g/mol. The van der Waals surface area contributed by atoms with Crippen LogP contribution in [0.3, 0.4) is 0 Å². The second-order valence-corrected chi connectivity index (χ2v) is 17.3. The second-order valence-electron chi connectivity index (χ2n) is 12.5. The van der Waals surface area contributed by atoms with Gasteiger partial charge in [-0.1, -0.05) is 65.3 Å². The van der Waals surface area contributed by atoms with Gasteiger partial charge in [-0.15, -0.1) is 0 Å². The summed E-state index contributed by atoms with van der Waals surface area (Å²) in [4.78, 5) is 15.4. The van der Waals surface area contributed by atoms with Crippen molar-refractivity contribution in [3.8, 4) is 5.75 Å². The molecule has 0 saturated carbocycles. The van der Waals surface area contributed by atoms with Crippen LogP contribution in [0.15, 0.2) is 48.5 Å². The molecule has 0 aliphatic carbocycles. The zero-order valence-electron chi connectivity index (χ0n) is 24.4. The molecule has 2 aromatic rings. The molecular formula is C31H46FNO4Si. The number of likely N-dealkylation sites (tertiary alicyclic amines) is 1. The normalized spacial score (nSPS) is 21.2. The summed E-state index contributed by atoms with van der Waals surface area (Å²) in [7, 11) is -0.400. The third-order valence-corrected chi connectivity index (χ3v) is 13.7. The Morgan fingerprint density at radius 3 is 2.34 bits per heavy atom. The zero-order valence-corrected chi connectivity index (χ0v) is 25.4. The fourth-order valence-electron chi connectivity index (χ4n) is 5.42. The first kappa shape index (κ1) is 30.3. The van der Waals surface area contributed by atoms with Crippen molar-refractivity contribution in [1.82, 2.24) is 4.90 Å². The summed E-state index contributed by atoms with van der Waals surface area (Å²) < 4.78 is 26.3. The van der Waals surface area contributed by atoms with Crippen LogP contribution < -0.4 is 4.74 Å². The number of carboxylic acids is 1. The molecule has 0 spiro atoms. The van der Waals surface area contributed by atoms with E-state index in [-0.39, 0.29) is 28.6 Å². The first-order chi connectivity index (χ1) is 17.7. The van der Waals surface area contributed by atoms with Crippen molar-refractivity contribution in [1.29, 1.82) is 0 Å². The lowest BCUT2D eigenvalue weighted by atomic mass is 9.77. The maximum absolute atomic E-state index is 14.3. The molecule has 0 bridgehead atoms. The number of halogens is 1. The van der Waals surface area contributed by atoms with Crippen LogP contribution in [0.25, 0.3) is 0 Å². The number of carbonyl (C=O) groups is 1. The predicted molar refractivity (Wildman–Crippen MR) is 154 cm³/mol. The largest absolute Gasteiger partial charge is 0.497 e. The van der Waals surface area contributed by atoms with Crippen molar-refractivity contribution in [2.24, 2.45) is 11.8 Å². The molecule has 0 radical (unpaired) electrons. The van der Waals surface area contributed by atoms with Crippen molar-refractivity contribution >= 4 is 14.3 Å².